The van der Waals surface area contributed by atoms with Gasteiger partial charge in [-0.25, -0.2) is 0 Å². The van der Waals surface area contributed by atoms with Crippen molar-refractivity contribution in [1.82, 2.24) is 9.78 Å². The van der Waals surface area contributed by atoms with Crippen LogP contribution in [0.5, 0.6) is 5.75 Å². The molecule has 0 spiro atoms. The lowest BCUT2D eigenvalue weighted by Crippen LogP contribution is -2.15. The Bertz CT molecular complexity index is 637. The number of aliphatic hydroxyl groups excluding tert-OH is 1. The highest BCUT2D eigenvalue weighted by molar-refractivity contribution is 5.90. The van der Waals surface area contributed by atoms with Crippen molar-refractivity contribution in [2.45, 2.75) is 33.4 Å². The number of amides is 1. The second-order valence-corrected chi connectivity index (χ2v) is 4.99. The van der Waals surface area contributed by atoms with Crippen LogP contribution in [-0.4, -0.2) is 27.4 Å². The fourth-order valence-corrected chi connectivity index (χ4v) is 2.11. The third-order valence-electron chi connectivity index (χ3n) is 3.14. The number of hydrogen-bond donors (Lipinski definition) is 2. The van der Waals surface area contributed by atoms with Crippen molar-refractivity contribution in [1.29, 1.82) is 0 Å². The summed E-state index contributed by atoms with van der Waals surface area (Å²) >= 11 is 0. The van der Waals surface area contributed by atoms with Gasteiger partial charge < -0.3 is 15.2 Å². The maximum Gasteiger partial charge on any atom is 0.226 e. The topological polar surface area (TPSA) is 76.4 Å². The Balaban J connectivity index is 1.93. The summed E-state index contributed by atoms with van der Waals surface area (Å²) in [7, 11) is 0. The van der Waals surface area contributed by atoms with Gasteiger partial charge in [0.2, 0.25) is 5.91 Å². The van der Waals surface area contributed by atoms with E-state index in [1.165, 1.54) is 0 Å². The van der Waals surface area contributed by atoms with Crippen LogP contribution in [0.25, 0.3) is 0 Å². The summed E-state index contributed by atoms with van der Waals surface area (Å²) < 4.78 is 7.15. The van der Waals surface area contributed by atoms with Crippen LogP contribution in [0.2, 0.25) is 0 Å². The standard InChI is InChI=1S/C16H21N3O3/c1-3-22-15-5-4-14(8-13(15)11-20)18-16(21)6-7-19-10-12(2)9-17-19/h4-5,8-10,20H,3,6-7,11H2,1-2H3,(H,18,21). The van der Waals surface area contributed by atoms with Crippen LogP contribution in [-0.2, 0) is 17.9 Å². The Labute approximate surface area is 129 Å². The van der Waals surface area contributed by atoms with Crippen molar-refractivity contribution in [3.05, 3.63) is 41.7 Å². The quantitative estimate of drug-likeness (QED) is 0.821. The van der Waals surface area contributed by atoms with E-state index in [2.05, 4.69) is 10.4 Å². The SMILES string of the molecule is CCOc1ccc(NC(=O)CCn2cc(C)cn2)cc1CO. The molecule has 0 saturated carbocycles. The van der Waals surface area contributed by atoms with Crippen molar-refractivity contribution in [3.8, 4) is 5.75 Å². The maximum atomic E-state index is 12.0. The molecule has 2 rings (SSSR count). The van der Waals surface area contributed by atoms with Crippen molar-refractivity contribution in [2.75, 3.05) is 11.9 Å². The number of benzene rings is 1. The van der Waals surface area contributed by atoms with E-state index >= 15 is 0 Å². The minimum atomic E-state index is -0.133. The number of nitrogens with zero attached hydrogens (tertiary/aromatic N) is 2. The number of aryl methyl sites for hydroxylation is 2. The summed E-state index contributed by atoms with van der Waals surface area (Å²) in [6, 6.07) is 5.24. The van der Waals surface area contributed by atoms with E-state index in [0.29, 0.717) is 36.6 Å². The number of ether oxygens (including phenoxy) is 1. The van der Waals surface area contributed by atoms with Gasteiger partial charge in [0, 0.05) is 30.4 Å². The molecule has 0 atom stereocenters. The summed E-state index contributed by atoms with van der Waals surface area (Å²) in [5.41, 5.74) is 2.37. The number of anilines is 1. The third kappa shape index (κ3) is 4.33. The molecule has 22 heavy (non-hydrogen) atoms. The lowest BCUT2D eigenvalue weighted by molar-refractivity contribution is -0.116. The van der Waals surface area contributed by atoms with Crippen LogP contribution < -0.4 is 10.1 Å². The van der Waals surface area contributed by atoms with Gasteiger partial charge in [-0.1, -0.05) is 0 Å². The fraction of sp³-hybridized carbons (Fsp3) is 0.375. The summed E-state index contributed by atoms with van der Waals surface area (Å²) in [4.78, 5) is 12.0. The zero-order chi connectivity index (χ0) is 15.9. The van der Waals surface area contributed by atoms with Gasteiger partial charge in [0.25, 0.3) is 0 Å². The number of rotatable bonds is 7. The van der Waals surface area contributed by atoms with Gasteiger partial charge >= 0.3 is 0 Å². The molecule has 0 aliphatic carbocycles. The summed E-state index contributed by atoms with van der Waals surface area (Å²) in [5.74, 6) is 0.538. The molecule has 0 aliphatic rings. The van der Waals surface area contributed by atoms with E-state index in [1.807, 2.05) is 20.0 Å². The van der Waals surface area contributed by atoms with Crippen LogP contribution >= 0.6 is 0 Å². The van der Waals surface area contributed by atoms with Crippen molar-refractivity contribution < 1.29 is 14.6 Å². The first kappa shape index (κ1) is 16.0. The molecule has 1 aromatic heterocycles. The van der Waals surface area contributed by atoms with Crippen molar-refractivity contribution in [3.63, 3.8) is 0 Å². The van der Waals surface area contributed by atoms with Crippen LogP contribution in [0.4, 0.5) is 5.69 Å². The lowest BCUT2D eigenvalue weighted by atomic mass is 10.2. The second kappa shape index (κ2) is 7.61. The number of carbonyl (C=O) groups excluding carboxylic acids is 1. The maximum absolute atomic E-state index is 12.0. The lowest BCUT2D eigenvalue weighted by Gasteiger charge is -2.11. The Hall–Kier alpha value is -2.34. The van der Waals surface area contributed by atoms with Crippen LogP contribution in [0.15, 0.2) is 30.6 Å². The first-order valence-electron chi connectivity index (χ1n) is 7.28. The third-order valence-corrected chi connectivity index (χ3v) is 3.14. The van der Waals surface area contributed by atoms with E-state index in [1.54, 1.807) is 29.1 Å². The highest BCUT2D eigenvalue weighted by atomic mass is 16.5. The van der Waals surface area contributed by atoms with Gasteiger partial charge in [-0.05, 0) is 37.6 Å². The molecule has 1 aromatic carbocycles. The molecule has 1 amide bonds. The summed E-state index contributed by atoms with van der Waals surface area (Å²) in [6.45, 7) is 4.77. The Morgan fingerprint density at radius 3 is 2.91 bits per heavy atom. The predicted molar refractivity (Wildman–Crippen MR) is 83.7 cm³/mol. The highest BCUT2D eigenvalue weighted by Crippen LogP contribution is 2.23. The normalized spacial score (nSPS) is 10.5. The van der Waals surface area contributed by atoms with Crippen LogP contribution in [0, 0.1) is 6.92 Å². The molecular formula is C16H21N3O3. The van der Waals surface area contributed by atoms with Crippen LogP contribution in [0.3, 0.4) is 0 Å². The zero-order valence-electron chi connectivity index (χ0n) is 12.9. The van der Waals surface area contributed by atoms with Gasteiger partial charge in [0.1, 0.15) is 5.75 Å². The first-order chi connectivity index (χ1) is 10.6. The molecule has 0 bridgehead atoms. The Morgan fingerprint density at radius 2 is 2.27 bits per heavy atom. The van der Waals surface area contributed by atoms with E-state index < -0.39 is 0 Å². The summed E-state index contributed by atoms with van der Waals surface area (Å²) in [6.07, 6.45) is 3.99. The number of aromatic nitrogens is 2. The highest BCUT2D eigenvalue weighted by Gasteiger charge is 2.07. The average Bonchev–Trinajstić information content (AvgIpc) is 2.92. The molecule has 0 aliphatic heterocycles. The van der Waals surface area contributed by atoms with E-state index in [4.69, 9.17) is 4.74 Å². The predicted octanol–water partition coefficient (Wildman–Crippen LogP) is 2.11. The van der Waals surface area contributed by atoms with Crippen LogP contribution in [0.1, 0.15) is 24.5 Å². The molecule has 0 fully saturated rings. The number of hydrogen-bond acceptors (Lipinski definition) is 4. The van der Waals surface area contributed by atoms with Crippen molar-refractivity contribution in [2.24, 2.45) is 0 Å². The number of nitrogens with one attached hydrogen (secondary N) is 1. The van der Waals surface area contributed by atoms with Gasteiger partial charge in [0.15, 0.2) is 0 Å². The zero-order valence-corrected chi connectivity index (χ0v) is 12.9. The largest absolute Gasteiger partial charge is 0.494 e. The van der Waals surface area contributed by atoms with Gasteiger partial charge in [-0.15, -0.1) is 0 Å². The monoisotopic (exact) mass is 303 g/mol. The molecule has 2 N–H and O–H groups in total. The molecule has 0 radical (unpaired) electrons. The Kier molecular flexibility index (Phi) is 5.55. The molecular weight excluding hydrogens is 282 g/mol. The number of aliphatic hydroxyl groups is 1. The minimum absolute atomic E-state index is 0.0961. The smallest absolute Gasteiger partial charge is 0.226 e. The second-order valence-electron chi connectivity index (χ2n) is 4.99. The van der Waals surface area contributed by atoms with E-state index in [9.17, 15) is 9.90 Å². The molecule has 0 saturated heterocycles. The fourth-order valence-electron chi connectivity index (χ4n) is 2.11. The van der Waals surface area contributed by atoms with E-state index in [-0.39, 0.29) is 12.5 Å². The summed E-state index contributed by atoms with van der Waals surface area (Å²) in [5, 5.41) is 16.3. The molecule has 0 unspecified atom stereocenters. The van der Waals surface area contributed by atoms with Gasteiger partial charge in [-0.2, -0.15) is 5.10 Å². The molecule has 2 aromatic rings. The first-order valence-corrected chi connectivity index (χ1v) is 7.28. The molecule has 1 heterocycles. The number of carbonyl (C=O) groups is 1. The molecule has 6 heteroatoms. The van der Waals surface area contributed by atoms with Gasteiger partial charge in [-0.3, -0.25) is 9.48 Å². The average molecular weight is 303 g/mol. The van der Waals surface area contributed by atoms with Gasteiger partial charge in [0.05, 0.1) is 19.4 Å². The molecule has 118 valence electrons. The van der Waals surface area contributed by atoms with E-state index in [0.717, 1.165) is 5.56 Å². The molecule has 6 nitrogen and oxygen atoms in total. The van der Waals surface area contributed by atoms with Crippen molar-refractivity contribution >= 4 is 11.6 Å². The minimum Gasteiger partial charge on any atom is -0.494 e. The Morgan fingerprint density at radius 1 is 1.45 bits per heavy atom.